The minimum absolute atomic E-state index is 0. The molecule has 222 valence electrons. The van der Waals surface area contributed by atoms with Crippen LogP contribution in [0.5, 0.6) is 11.5 Å². The zero-order chi connectivity index (χ0) is 26.2. The molecule has 0 bridgehead atoms. The van der Waals surface area contributed by atoms with Crippen LogP contribution >= 0.6 is 0 Å². The van der Waals surface area contributed by atoms with E-state index in [0.717, 1.165) is 44.5 Å². The van der Waals surface area contributed by atoms with Crippen molar-refractivity contribution in [3.8, 4) is 56.0 Å². The van der Waals surface area contributed by atoms with Gasteiger partial charge in [0.05, 0.1) is 0 Å². The maximum absolute atomic E-state index is 10.5. The van der Waals surface area contributed by atoms with Crippen molar-refractivity contribution in [1.29, 1.82) is 0 Å². The number of rotatable bonds is 4. The van der Waals surface area contributed by atoms with Crippen LogP contribution in [0, 0.1) is 0 Å². The Morgan fingerprint density at radius 2 is 0.442 bits per heavy atom. The van der Waals surface area contributed by atoms with Crippen molar-refractivity contribution in [2.24, 2.45) is 0 Å². The first-order valence-corrected chi connectivity index (χ1v) is 12.6. The fraction of sp³-hybridized carbons (Fsp3) is 0. The van der Waals surface area contributed by atoms with Gasteiger partial charge < -0.3 is 59.8 Å². The molecule has 0 aliphatic rings. The molecule has 7 heteroatoms. The summed E-state index contributed by atoms with van der Waals surface area (Å²) >= 11 is 0. The fourth-order valence-corrected chi connectivity index (χ4v) is 4.49. The molecule has 0 aliphatic carbocycles. The van der Waals surface area contributed by atoms with Gasteiger partial charge in [0.2, 0.25) is 0 Å². The summed E-state index contributed by atoms with van der Waals surface area (Å²) in [5, 5.41) is 21.0. The van der Waals surface area contributed by atoms with Gasteiger partial charge in [0, 0.05) is 43.3 Å². The molecule has 0 radical (unpaired) electrons. The van der Waals surface area contributed by atoms with Crippen molar-refractivity contribution >= 4 is 0 Å². The molecule has 0 aliphatic heterocycles. The Morgan fingerprint density at radius 3 is 0.628 bits per heavy atom. The van der Waals surface area contributed by atoms with Gasteiger partial charge in [-0.1, -0.05) is 158 Å². The molecule has 2 N–H and O–H groups in total. The molecular formula is C36H28Cl4O2W-4. The first kappa shape index (κ1) is 39.8. The number of hydrogen-bond acceptors (Lipinski definition) is 2. The van der Waals surface area contributed by atoms with E-state index >= 15 is 0 Å². The number of aromatic hydroxyl groups is 2. The molecule has 0 amide bonds. The van der Waals surface area contributed by atoms with Crippen molar-refractivity contribution in [3.05, 3.63) is 158 Å². The van der Waals surface area contributed by atoms with E-state index < -0.39 is 0 Å². The number of phenols is 2. The Kier molecular flexibility index (Phi) is 18.4. The minimum Gasteiger partial charge on any atom is -1.00 e. The van der Waals surface area contributed by atoms with E-state index in [-0.39, 0.29) is 70.7 Å². The third-order valence-electron chi connectivity index (χ3n) is 6.41. The van der Waals surface area contributed by atoms with E-state index in [1.165, 1.54) is 0 Å². The zero-order valence-corrected chi connectivity index (χ0v) is 28.8. The molecule has 0 heterocycles. The maximum atomic E-state index is 10.5. The fourth-order valence-electron chi connectivity index (χ4n) is 4.49. The van der Waals surface area contributed by atoms with Crippen molar-refractivity contribution in [3.63, 3.8) is 0 Å². The van der Waals surface area contributed by atoms with Gasteiger partial charge in [-0.2, -0.15) is 0 Å². The predicted molar refractivity (Wildman–Crippen MR) is 158 cm³/mol. The van der Waals surface area contributed by atoms with Crippen molar-refractivity contribution in [2.45, 2.75) is 0 Å². The van der Waals surface area contributed by atoms with Gasteiger partial charge in [-0.3, -0.25) is 0 Å². The quantitative estimate of drug-likeness (QED) is 0.207. The standard InChI is InChI=1S/2C18H14O.4ClH.W/c2*19-18-16(14-8-3-1-4-9-14)12-7-13-17(18)15-10-5-2-6-11-15;;;;;/h2*1-13,19H;4*1H;/p-4. The molecule has 0 saturated heterocycles. The molecule has 0 unspecified atom stereocenters. The van der Waals surface area contributed by atoms with Crippen LogP contribution in [0.1, 0.15) is 0 Å². The molecule has 0 fully saturated rings. The summed E-state index contributed by atoms with van der Waals surface area (Å²) < 4.78 is 0. The van der Waals surface area contributed by atoms with E-state index in [2.05, 4.69) is 0 Å². The second kappa shape index (κ2) is 19.9. The summed E-state index contributed by atoms with van der Waals surface area (Å²) in [6.07, 6.45) is 0. The first-order valence-electron chi connectivity index (χ1n) is 12.6. The second-order valence-corrected chi connectivity index (χ2v) is 8.87. The Morgan fingerprint density at radius 1 is 0.256 bits per heavy atom. The minimum atomic E-state index is 0. The summed E-state index contributed by atoms with van der Waals surface area (Å²) in [6, 6.07) is 51.5. The third kappa shape index (κ3) is 9.90. The van der Waals surface area contributed by atoms with Crippen LogP contribution < -0.4 is 49.6 Å². The van der Waals surface area contributed by atoms with Crippen LogP contribution in [0.25, 0.3) is 44.5 Å². The molecule has 0 saturated carbocycles. The molecule has 6 rings (SSSR count). The van der Waals surface area contributed by atoms with E-state index in [9.17, 15) is 10.2 Å². The summed E-state index contributed by atoms with van der Waals surface area (Å²) in [5.41, 5.74) is 7.55. The van der Waals surface area contributed by atoms with Crippen LogP contribution in [-0.4, -0.2) is 10.2 Å². The number of phenolic OH excluding ortho intramolecular Hbond substituents is 2. The summed E-state index contributed by atoms with van der Waals surface area (Å²) in [4.78, 5) is 0. The Hall–Kier alpha value is -3.23. The van der Waals surface area contributed by atoms with Crippen molar-refractivity contribution in [2.75, 3.05) is 0 Å². The zero-order valence-electron chi connectivity index (χ0n) is 22.8. The Balaban J connectivity index is 0.000000735. The van der Waals surface area contributed by atoms with Gasteiger partial charge in [-0.15, -0.1) is 0 Å². The monoisotopic (exact) mass is 816 g/mol. The van der Waals surface area contributed by atoms with Crippen LogP contribution in [0.3, 0.4) is 0 Å². The smallest absolute Gasteiger partial charge is 0.131 e. The van der Waals surface area contributed by atoms with Gasteiger partial charge in [0.1, 0.15) is 11.5 Å². The molecule has 2 nitrogen and oxygen atoms in total. The van der Waals surface area contributed by atoms with Crippen LogP contribution in [0.15, 0.2) is 158 Å². The molecule has 43 heavy (non-hydrogen) atoms. The second-order valence-electron chi connectivity index (χ2n) is 8.87. The van der Waals surface area contributed by atoms with E-state index in [1.807, 2.05) is 158 Å². The van der Waals surface area contributed by atoms with Gasteiger partial charge in [-0.25, -0.2) is 0 Å². The molecule has 6 aromatic carbocycles. The largest absolute Gasteiger partial charge is 1.00 e. The Bertz CT molecular complexity index is 1380. The van der Waals surface area contributed by atoms with Gasteiger partial charge in [0.15, 0.2) is 0 Å². The van der Waals surface area contributed by atoms with E-state index in [1.54, 1.807) is 0 Å². The van der Waals surface area contributed by atoms with Crippen LogP contribution in [-0.2, 0) is 21.1 Å². The van der Waals surface area contributed by atoms with Gasteiger partial charge in [-0.05, 0) is 22.3 Å². The summed E-state index contributed by atoms with van der Waals surface area (Å²) in [6.45, 7) is 0. The van der Waals surface area contributed by atoms with Gasteiger partial charge in [0.25, 0.3) is 0 Å². The van der Waals surface area contributed by atoms with Crippen molar-refractivity contribution in [1.82, 2.24) is 0 Å². The number of halogens is 4. The maximum Gasteiger partial charge on any atom is 0.131 e. The molecule has 0 atom stereocenters. The van der Waals surface area contributed by atoms with Gasteiger partial charge >= 0.3 is 0 Å². The average molecular weight is 818 g/mol. The van der Waals surface area contributed by atoms with Crippen LogP contribution in [0.4, 0.5) is 0 Å². The van der Waals surface area contributed by atoms with E-state index in [0.29, 0.717) is 11.5 Å². The number of benzene rings is 6. The summed E-state index contributed by atoms with van der Waals surface area (Å²) in [7, 11) is 0. The number of hydrogen-bond donors (Lipinski definition) is 2. The third-order valence-corrected chi connectivity index (χ3v) is 6.41. The SMILES string of the molecule is Oc1c(-c2ccccc2)cccc1-c1ccccc1.Oc1c(-c2ccccc2)cccc1-c1ccccc1.[Cl-].[Cl-].[Cl-].[Cl-].[W]. The number of para-hydroxylation sites is 2. The van der Waals surface area contributed by atoms with Crippen molar-refractivity contribution < 1.29 is 80.9 Å². The average Bonchev–Trinajstić information content (AvgIpc) is 2.99. The normalized spacial score (nSPS) is 9.12. The molecule has 6 aromatic rings. The molecule has 0 aromatic heterocycles. The molecular weight excluding hydrogens is 790 g/mol. The molecule has 0 spiro atoms. The Labute approximate surface area is 292 Å². The predicted octanol–water partition coefficient (Wildman–Crippen LogP) is -2.53. The summed E-state index contributed by atoms with van der Waals surface area (Å²) in [5.74, 6) is 0.666. The van der Waals surface area contributed by atoms with Crippen LogP contribution in [0.2, 0.25) is 0 Å². The van der Waals surface area contributed by atoms with E-state index in [4.69, 9.17) is 0 Å². The topological polar surface area (TPSA) is 40.5 Å². The first-order chi connectivity index (χ1) is 18.7.